The highest BCUT2D eigenvalue weighted by molar-refractivity contribution is 5.86. The van der Waals surface area contributed by atoms with Crippen molar-refractivity contribution >= 4 is 10.8 Å². The zero-order valence-electron chi connectivity index (χ0n) is 14.6. The molecule has 0 radical (unpaired) electrons. The smallest absolute Gasteiger partial charge is 0.0607 e. The molecule has 0 bridgehead atoms. The average Bonchev–Trinajstić information content (AvgIpc) is 2.60. The Morgan fingerprint density at radius 3 is 2.54 bits per heavy atom. The maximum absolute atomic E-state index is 3.30. The normalized spacial score (nSPS) is 12.0. The standard InChI is InChI=1S/C23H23N/c1-18-9-6-10-20(17-18)11-8-16-24(3)19(2)22-15-7-13-21-12-4-5-14-23(21)22/h4-7,9-10,12-15,17,19H,16H2,1-3H3/t19-/m1/s1. The van der Waals surface area contributed by atoms with E-state index in [0.29, 0.717) is 6.04 Å². The second-order valence-electron chi connectivity index (χ2n) is 6.33. The predicted octanol–water partition coefficient (Wildman–Crippen LogP) is 5.19. The first-order chi connectivity index (χ1) is 11.6. The van der Waals surface area contributed by atoms with Crippen LogP contribution in [0.2, 0.25) is 0 Å². The summed E-state index contributed by atoms with van der Waals surface area (Å²) in [5.41, 5.74) is 3.69. The van der Waals surface area contributed by atoms with E-state index < -0.39 is 0 Å². The third-order valence-corrected chi connectivity index (χ3v) is 4.51. The van der Waals surface area contributed by atoms with Crippen LogP contribution in [-0.4, -0.2) is 18.5 Å². The van der Waals surface area contributed by atoms with Crippen molar-refractivity contribution in [2.24, 2.45) is 0 Å². The van der Waals surface area contributed by atoms with Crippen molar-refractivity contribution in [2.45, 2.75) is 19.9 Å². The summed E-state index contributed by atoms with van der Waals surface area (Å²) in [5, 5.41) is 2.62. The molecule has 0 aromatic heterocycles. The van der Waals surface area contributed by atoms with Gasteiger partial charge < -0.3 is 0 Å². The molecule has 0 unspecified atom stereocenters. The van der Waals surface area contributed by atoms with Gasteiger partial charge in [0.1, 0.15) is 0 Å². The molecule has 0 saturated carbocycles. The van der Waals surface area contributed by atoms with Gasteiger partial charge in [-0.3, -0.25) is 4.90 Å². The molecular weight excluding hydrogens is 290 g/mol. The number of hydrogen-bond donors (Lipinski definition) is 0. The van der Waals surface area contributed by atoms with Crippen LogP contribution in [0.5, 0.6) is 0 Å². The van der Waals surface area contributed by atoms with Crippen LogP contribution in [0.15, 0.2) is 66.7 Å². The lowest BCUT2D eigenvalue weighted by molar-refractivity contribution is 0.296. The van der Waals surface area contributed by atoms with E-state index in [1.807, 2.05) is 0 Å². The Labute approximate surface area is 144 Å². The molecule has 24 heavy (non-hydrogen) atoms. The number of hydrogen-bond acceptors (Lipinski definition) is 1. The molecule has 0 heterocycles. The van der Waals surface area contributed by atoms with E-state index in [1.54, 1.807) is 0 Å². The number of nitrogens with zero attached hydrogens (tertiary/aromatic N) is 1. The zero-order valence-corrected chi connectivity index (χ0v) is 14.6. The lowest BCUT2D eigenvalue weighted by atomic mass is 9.99. The summed E-state index contributed by atoms with van der Waals surface area (Å²) in [4.78, 5) is 2.30. The van der Waals surface area contributed by atoms with E-state index in [9.17, 15) is 0 Å². The summed E-state index contributed by atoms with van der Waals surface area (Å²) in [6.07, 6.45) is 0. The van der Waals surface area contributed by atoms with Crippen molar-refractivity contribution in [3.8, 4) is 11.8 Å². The molecule has 120 valence electrons. The predicted molar refractivity (Wildman–Crippen MR) is 103 cm³/mol. The van der Waals surface area contributed by atoms with E-state index in [-0.39, 0.29) is 0 Å². The molecule has 0 spiro atoms. The summed E-state index contributed by atoms with van der Waals surface area (Å²) in [5.74, 6) is 6.57. The van der Waals surface area contributed by atoms with Gasteiger partial charge in [0.2, 0.25) is 0 Å². The largest absolute Gasteiger partial charge is 0.289 e. The fourth-order valence-corrected chi connectivity index (χ4v) is 2.98. The first-order valence-electron chi connectivity index (χ1n) is 8.38. The van der Waals surface area contributed by atoms with E-state index in [1.165, 1.54) is 21.9 Å². The first kappa shape index (κ1) is 16.3. The Hall–Kier alpha value is -2.56. The highest BCUT2D eigenvalue weighted by Gasteiger charge is 2.13. The molecule has 3 aromatic carbocycles. The van der Waals surface area contributed by atoms with Crippen molar-refractivity contribution in [2.75, 3.05) is 13.6 Å². The number of aryl methyl sites for hydroxylation is 1. The second-order valence-corrected chi connectivity index (χ2v) is 6.33. The lowest BCUT2D eigenvalue weighted by Crippen LogP contribution is -2.22. The molecule has 1 atom stereocenters. The van der Waals surface area contributed by atoms with Crippen LogP contribution >= 0.6 is 0 Å². The third-order valence-electron chi connectivity index (χ3n) is 4.51. The van der Waals surface area contributed by atoms with Crippen molar-refractivity contribution < 1.29 is 0 Å². The summed E-state index contributed by atoms with van der Waals surface area (Å²) < 4.78 is 0. The van der Waals surface area contributed by atoms with Crippen LogP contribution in [0, 0.1) is 18.8 Å². The SMILES string of the molecule is Cc1cccc(C#CCN(C)[C@H](C)c2cccc3ccccc23)c1. The van der Waals surface area contributed by atoms with Crippen LogP contribution in [0.3, 0.4) is 0 Å². The molecule has 0 fully saturated rings. The van der Waals surface area contributed by atoms with Gasteiger partial charge in [-0.05, 0) is 54.9 Å². The maximum Gasteiger partial charge on any atom is 0.0607 e. The average molecular weight is 313 g/mol. The molecule has 1 heteroatoms. The molecule has 0 aliphatic rings. The van der Waals surface area contributed by atoms with Gasteiger partial charge in [0, 0.05) is 11.6 Å². The van der Waals surface area contributed by atoms with Crippen LogP contribution in [0.25, 0.3) is 10.8 Å². The first-order valence-corrected chi connectivity index (χ1v) is 8.38. The van der Waals surface area contributed by atoms with Crippen LogP contribution in [-0.2, 0) is 0 Å². The van der Waals surface area contributed by atoms with E-state index in [4.69, 9.17) is 0 Å². The topological polar surface area (TPSA) is 3.24 Å². The van der Waals surface area contributed by atoms with Gasteiger partial charge >= 0.3 is 0 Å². The molecular formula is C23H23N. The molecule has 3 rings (SSSR count). The van der Waals surface area contributed by atoms with Crippen LogP contribution < -0.4 is 0 Å². The van der Waals surface area contributed by atoms with E-state index in [2.05, 4.69) is 104 Å². The van der Waals surface area contributed by atoms with Gasteiger partial charge in [0.05, 0.1) is 6.54 Å². The minimum absolute atomic E-state index is 0.322. The molecule has 0 aliphatic heterocycles. The van der Waals surface area contributed by atoms with Gasteiger partial charge in [-0.25, -0.2) is 0 Å². The Kier molecular flexibility index (Phi) is 4.99. The Balaban J connectivity index is 1.76. The number of rotatable bonds is 3. The van der Waals surface area contributed by atoms with Gasteiger partial charge in [0.15, 0.2) is 0 Å². The Bertz CT molecular complexity index is 893. The fraction of sp³-hybridized carbons (Fsp3) is 0.217. The molecule has 0 amide bonds. The van der Waals surface area contributed by atoms with E-state index >= 15 is 0 Å². The van der Waals surface area contributed by atoms with E-state index in [0.717, 1.165) is 12.1 Å². The third kappa shape index (κ3) is 3.67. The molecule has 3 aromatic rings. The maximum atomic E-state index is 3.30. The van der Waals surface area contributed by atoms with Crippen molar-refractivity contribution in [3.63, 3.8) is 0 Å². The highest BCUT2D eigenvalue weighted by atomic mass is 15.1. The van der Waals surface area contributed by atoms with Crippen molar-refractivity contribution in [1.29, 1.82) is 0 Å². The second kappa shape index (κ2) is 7.34. The summed E-state index contributed by atoms with van der Waals surface area (Å²) in [6.45, 7) is 5.09. The minimum atomic E-state index is 0.322. The Morgan fingerprint density at radius 1 is 0.958 bits per heavy atom. The number of benzene rings is 3. The monoisotopic (exact) mass is 313 g/mol. The van der Waals surface area contributed by atoms with Crippen LogP contribution in [0.4, 0.5) is 0 Å². The molecule has 0 saturated heterocycles. The Morgan fingerprint density at radius 2 is 1.71 bits per heavy atom. The number of fused-ring (bicyclic) bond motifs is 1. The molecule has 1 nitrogen and oxygen atoms in total. The minimum Gasteiger partial charge on any atom is -0.289 e. The van der Waals surface area contributed by atoms with Gasteiger partial charge in [0.25, 0.3) is 0 Å². The highest BCUT2D eigenvalue weighted by Crippen LogP contribution is 2.27. The van der Waals surface area contributed by atoms with Gasteiger partial charge in [-0.2, -0.15) is 0 Å². The molecule has 0 aliphatic carbocycles. The van der Waals surface area contributed by atoms with Crippen molar-refractivity contribution in [1.82, 2.24) is 4.90 Å². The fourth-order valence-electron chi connectivity index (χ4n) is 2.98. The van der Waals surface area contributed by atoms with Crippen molar-refractivity contribution in [3.05, 3.63) is 83.4 Å². The lowest BCUT2D eigenvalue weighted by Gasteiger charge is -2.24. The summed E-state index contributed by atoms with van der Waals surface area (Å²) in [6, 6.07) is 23.8. The summed E-state index contributed by atoms with van der Waals surface area (Å²) in [7, 11) is 2.14. The van der Waals surface area contributed by atoms with Gasteiger partial charge in [-0.1, -0.05) is 66.4 Å². The summed E-state index contributed by atoms with van der Waals surface area (Å²) >= 11 is 0. The molecule has 0 N–H and O–H groups in total. The van der Waals surface area contributed by atoms with Crippen LogP contribution in [0.1, 0.15) is 29.7 Å². The quantitative estimate of drug-likeness (QED) is 0.601. The van der Waals surface area contributed by atoms with Gasteiger partial charge in [-0.15, -0.1) is 0 Å². The zero-order chi connectivity index (χ0) is 16.9.